The lowest BCUT2D eigenvalue weighted by atomic mass is 9.99. The Kier molecular flexibility index (Phi) is 6.09. The second-order valence-electron chi connectivity index (χ2n) is 8.26. The standard InChI is InChI=1S/C25H26N6O3/c1-34-19-6-5-17-16-31(24(32)14-18(17)13-19)23-4-2-3-20(28-23)25(33)29-21-15-27-8-7-22(21)30-11-9-26-10-12-30/h2-8,13,15,26H,9-12,14,16H2,1H3,(H,29,33). The Balaban J connectivity index is 1.35. The van der Waals surface area contributed by atoms with Crippen LogP contribution < -0.4 is 25.2 Å². The normalized spacial score (nSPS) is 15.6. The fraction of sp³-hybridized carbons (Fsp3) is 0.280. The summed E-state index contributed by atoms with van der Waals surface area (Å²) in [5.74, 6) is 0.764. The molecule has 0 aliphatic carbocycles. The molecule has 174 valence electrons. The molecule has 1 saturated heterocycles. The molecule has 34 heavy (non-hydrogen) atoms. The number of amides is 2. The number of pyridine rings is 2. The molecule has 9 heteroatoms. The van der Waals surface area contributed by atoms with Crippen LogP contribution in [-0.2, 0) is 17.8 Å². The number of anilines is 3. The zero-order chi connectivity index (χ0) is 23.5. The number of rotatable bonds is 5. The van der Waals surface area contributed by atoms with Crippen molar-refractivity contribution in [2.45, 2.75) is 13.0 Å². The fourth-order valence-corrected chi connectivity index (χ4v) is 4.33. The Hall–Kier alpha value is -3.98. The predicted molar refractivity (Wildman–Crippen MR) is 129 cm³/mol. The molecule has 0 saturated carbocycles. The topological polar surface area (TPSA) is 99.7 Å². The van der Waals surface area contributed by atoms with Crippen LogP contribution in [-0.4, -0.2) is 55.1 Å². The monoisotopic (exact) mass is 458 g/mol. The minimum Gasteiger partial charge on any atom is -0.497 e. The van der Waals surface area contributed by atoms with E-state index in [9.17, 15) is 9.59 Å². The van der Waals surface area contributed by atoms with Gasteiger partial charge < -0.3 is 20.3 Å². The Labute approximate surface area is 197 Å². The van der Waals surface area contributed by atoms with E-state index in [-0.39, 0.29) is 23.9 Å². The number of ether oxygens (including phenoxy) is 1. The summed E-state index contributed by atoms with van der Waals surface area (Å²) < 4.78 is 5.27. The van der Waals surface area contributed by atoms with Crippen LogP contribution in [0.4, 0.5) is 17.2 Å². The molecule has 1 fully saturated rings. The van der Waals surface area contributed by atoms with Crippen LogP contribution in [0.1, 0.15) is 21.6 Å². The van der Waals surface area contributed by atoms with Crippen molar-refractivity contribution >= 4 is 29.0 Å². The van der Waals surface area contributed by atoms with Crippen LogP contribution in [0.5, 0.6) is 5.75 Å². The summed E-state index contributed by atoms with van der Waals surface area (Å²) in [6.07, 6.45) is 3.63. The number of methoxy groups -OCH3 is 1. The molecule has 9 nitrogen and oxygen atoms in total. The fourth-order valence-electron chi connectivity index (χ4n) is 4.33. The van der Waals surface area contributed by atoms with Gasteiger partial charge in [-0.15, -0.1) is 0 Å². The van der Waals surface area contributed by atoms with Crippen molar-refractivity contribution in [3.05, 3.63) is 71.7 Å². The highest BCUT2D eigenvalue weighted by Gasteiger charge is 2.26. The number of nitrogens with zero attached hydrogens (tertiary/aromatic N) is 4. The zero-order valence-corrected chi connectivity index (χ0v) is 19.0. The van der Waals surface area contributed by atoms with Crippen LogP contribution in [0, 0.1) is 0 Å². The summed E-state index contributed by atoms with van der Waals surface area (Å²) in [6.45, 7) is 3.88. The van der Waals surface area contributed by atoms with E-state index in [0.29, 0.717) is 18.1 Å². The third-order valence-electron chi connectivity index (χ3n) is 6.13. The number of carbonyl (C=O) groups is 2. The van der Waals surface area contributed by atoms with Crippen molar-refractivity contribution in [1.29, 1.82) is 0 Å². The smallest absolute Gasteiger partial charge is 0.274 e. The second-order valence-corrected chi connectivity index (χ2v) is 8.26. The van der Waals surface area contributed by atoms with Crippen LogP contribution in [0.15, 0.2) is 54.9 Å². The van der Waals surface area contributed by atoms with Crippen molar-refractivity contribution in [3.63, 3.8) is 0 Å². The number of piperazine rings is 1. The van der Waals surface area contributed by atoms with E-state index in [0.717, 1.165) is 48.7 Å². The molecule has 3 aromatic rings. The average Bonchev–Trinajstić information content (AvgIpc) is 2.89. The van der Waals surface area contributed by atoms with E-state index in [4.69, 9.17) is 4.74 Å². The Morgan fingerprint density at radius 2 is 1.97 bits per heavy atom. The first-order valence-electron chi connectivity index (χ1n) is 11.3. The van der Waals surface area contributed by atoms with Gasteiger partial charge in [0.1, 0.15) is 17.3 Å². The molecule has 0 unspecified atom stereocenters. The highest BCUT2D eigenvalue weighted by molar-refractivity contribution is 6.05. The molecule has 2 amide bonds. The van der Waals surface area contributed by atoms with E-state index >= 15 is 0 Å². The number of benzene rings is 1. The molecular weight excluding hydrogens is 432 g/mol. The van der Waals surface area contributed by atoms with Gasteiger partial charge in [0.05, 0.1) is 37.6 Å². The molecule has 0 bridgehead atoms. The van der Waals surface area contributed by atoms with Gasteiger partial charge in [-0.05, 0) is 41.5 Å². The molecule has 2 aliphatic rings. The van der Waals surface area contributed by atoms with Crippen molar-refractivity contribution < 1.29 is 14.3 Å². The summed E-state index contributed by atoms with van der Waals surface area (Å²) in [7, 11) is 1.61. The molecule has 4 heterocycles. The largest absolute Gasteiger partial charge is 0.497 e. The predicted octanol–water partition coefficient (Wildman–Crippen LogP) is 2.24. The van der Waals surface area contributed by atoms with E-state index in [1.165, 1.54) is 0 Å². The van der Waals surface area contributed by atoms with Gasteiger partial charge in [0.25, 0.3) is 5.91 Å². The van der Waals surface area contributed by atoms with E-state index in [2.05, 4.69) is 25.5 Å². The van der Waals surface area contributed by atoms with Crippen molar-refractivity contribution in [3.8, 4) is 5.75 Å². The van der Waals surface area contributed by atoms with Gasteiger partial charge in [0, 0.05) is 32.4 Å². The average molecular weight is 459 g/mol. The SMILES string of the molecule is COc1ccc2c(c1)CC(=O)N(c1cccc(C(=O)Nc3cnccc3N3CCNCC3)n1)C2. The maximum atomic E-state index is 13.1. The number of carbonyl (C=O) groups excluding carboxylic acids is 2. The molecule has 2 aliphatic heterocycles. The van der Waals surface area contributed by atoms with Gasteiger partial charge in [-0.2, -0.15) is 0 Å². The number of hydrogen-bond acceptors (Lipinski definition) is 7. The van der Waals surface area contributed by atoms with Crippen LogP contribution in [0.2, 0.25) is 0 Å². The summed E-state index contributed by atoms with van der Waals surface area (Å²) >= 11 is 0. The van der Waals surface area contributed by atoms with Crippen molar-refractivity contribution in [1.82, 2.24) is 15.3 Å². The first kappa shape index (κ1) is 21.8. The quantitative estimate of drug-likeness (QED) is 0.605. The van der Waals surface area contributed by atoms with Crippen LogP contribution >= 0.6 is 0 Å². The zero-order valence-electron chi connectivity index (χ0n) is 19.0. The summed E-state index contributed by atoms with van der Waals surface area (Å²) in [4.78, 5) is 38.5. The van der Waals surface area contributed by atoms with Gasteiger partial charge in [-0.3, -0.25) is 19.5 Å². The number of fused-ring (bicyclic) bond motifs is 1. The first-order valence-corrected chi connectivity index (χ1v) is 11.3. The summed E-state index contributed by atoms with van der Waals surface area (Å²) in [6, 6.07) is 12.8. The minimum absolute atomic E-state index is 0.0703. The molecule has 0 atom stereocenters. The molecule has 0 radical (unpaired) electrons. The highest BCUT2D eigenvalue weighted by atomic mass is 16.5. The van der Waals surface area contributed by atoms with E-state index < -0.39 is 0 Å². The Bertz CT molecular complexity index is 1220. The highest BCUT2D eigenvalue weighted by Crippen LogP contribution is 2.28. The maximum Gasteiger partial charge on any atom is 0.274 e. The van der Waals surface area contributed by atoms with Gasteiger partial charge in [0.15, 0.2) is 0 Å². The molecule has 0 spiro atoms. The number of aromatic nitrogens is 2. The number of hydrogen-bond donors (Lipinski definition) is 2. The van der Waals surface area contributed by atoms with Crippen LogP contribution in [0.3, 0.4) is 0 Å². The summed E-state index contributed by atoms with van der Waals surface area (Å²) in [5.41, 5.74) is 3.79. The lowest BCUT2D eigenvalue weighted by molar-refractivity contribution is -0.118. The Morgan fingerprint density at radius 3 is 2.79 bits per heavy atom. The van der Waals surface area contributed by atoms with E-state index in [1.54, 1.807) is 42.6 Å². The van der Waals surface area contributed by atoms with Gasteiger partial charge in [-0.1, -0.05) is 12.1 Å². The molecule has 1 aromatic carbocycles. The molecule has 5 rings (SSSR count). The van der Waals surface area contributed by atoms with E-state index in [1.807, 2.05) is 24.3 Å². The summed E-state index contributed by atoms with van der Waals surface area (Å²) in [5, 5.41) is 6.28. The molecule has 2 aromatic heterocycles. The Morgan fingerprint density at radius 1 is 1.12 bits per heavy atom. The van der Waals surface area contributed by atoms with Crippen molar-refractivity contribution in [2.75, 3.05) is 48.4 Å². The van der Waals surface area contributed by atoms with Crippen molar-refractivity contribution in [2.24, 2.45) is 0 Å². The van der Waals surface area contributed by atoms with Gasteiger partial charge >= 0.3 is 0 Å². The third-order valence-corrected chi connectivity index (χ3v) is 6.13. The lowest BCUT2D eigenvalue weighted by Gasteiger charge is -2.30. The lowest BCUT2D eigenvalue weighted by Crippen LogP contribution is -2.43. The molecular formula is C25H26N6O3. The van der Waals surface area contributed by atoms with Crippen LogP contribution in [0.25, 0.3) is 0 Å². The maximum absolute atomic E-state index is 13.1. The van der Waals surface area contributed by atoms with Gasteiger partial charge in [-0.25, -0.2) is 4.98 Å². The number of nitrogens with one attached hydrogen (secondary N) is 2. The minimum atomic E-state index is -0.346. The first-order chi connectivity index (χ1) is 16.6. The van der Waals surface area contributed by atoms with Gasteiger partial charge in [0.2, 0.25) is 5.91 Å². The third kappa shape index (κ3) is 4.42. The molecule has 2 N–H and O–H groups in total. The second kappa shape index (κ2) is 9.48.